The highest BCUT2D eigenvalue weighted by molar-refractivity contribution is 9.10. The van der Waals surface area contributed by atoms with E-state index in [9.17, 15) is 14.4 Å². The summed E-state index contributed by atoms with van der Waals surface area (Å²) in [4.78, 5) is 35.4. The van der Waals surface area contributed by atoms with Gasteiger partial charge in [0.05, 0.1) is 0 Å². The van der Waals surface area contributed by atoms with Gasteiger partial charge in [0.1, 0.15) is 30.4 Å². The van der Waals surface area contributed by atoms with Crippen LogP contribution in [0.3, 0.4) is 0 Å². The Morgan fingerprint density at radius 1 is 1.07 bits per heavy atom. The zero-order chi connectivity index (χ0) is 20.8. The van der Waals surface area contributed by atoms with E-state index >= 15 is 0 Å². The first-order valence-electron chi connectivity index (χ1n) is 8.73. The van der Waals surface area contributed by atoms with E-state index in [4.69, 9.17) is 18.9 Å². The average molecular weight is 475 g/mol. The Balaban J connectivity index is 2.29. The lowest BCUT2D eigenvalue weighted by atomic mass is 9.91. The minimum atomic E-state index is -0.722. The van der Waals surface area contributed by atoms with Crippen LogP contribution >= 0.6 is 27.7 Å². The molecule has 0 bridgehead atoms. The molecule has 28 heavy (non-hydrogen) atoms. The number of esters is 3. The molecule has 1 aromatic carbocycles. The first-order chi connectivity index (χ1) is 13.2. The summed E-state index contributed by atoms with van der Waals surface area (Å²) in [6.45, 7) is 5.65. The van der Waals surface area contributed by atoms with Gasteiger partial charge in [-0.25, -0.2) is 0 Å². The Hall–Kier alpha value is -1.58. The van der Waals surface area contributed by atoms with Crippen molar-refractivity contribution in [1.82, 2.24) is 0 Å². The Morgan fingerprint density at radius 3 is 2.29 bits per heavy atom. The fourth-order valence-electron chi connectivity index (χ4n) is 2.93. The molecule has 1 fully saturated rings. The van der Waals surface area contributed by atoms with Crippen molar-refractivity contribution in [1.29, 1.82) is 0 Å². The third-order valence-electron chi connectivity index (χ3n) is 4.08. The van der Waals surface area contributed by atoms with Gasteiger partial charge < -0.3 is 18.9 Å². The van der Waals surface area contributed by atoms with Crippen molar-refractivity contribution in [2.45, 2.75) is 56.3 Å². The van der Waals surface area contributed by atoms with Crippen LogP contribution in [0.25, 0.3) is 0 Å². The lowest BCUT2D eigenvalue weighted by Gasteiger charge is -2.43. The van der Waals surface area contributed by atoms with Crippen molar-refractivity contribution in [2.75, 3.05) is 6.61 Å². The Labute approximate surface area is 176 Å². The average Bonchev–Trinajstić information content (AvgIpc) is 2.58. The third kappa shape index (κ3) is 6.49. The van der Waals surface area contributed by atoms with Crippen LogP contribution in [0.15, 0.2) is 33.6 Å². The molecule has 0 amide bonds. The second kappa shape index (κ2) is 10.3. The highest BCUT2D eigenvalue weighted by Crippen LogP contribution is 2.39. The van der Waals surface area contributed by atoms with Crippen molar-refractivity contribution in [3.05, 3.63) is 28.7 Å². The highest BCUT2D eigenvalue weighted by atomic mass is 79.9. The fraction of sp³-hybridized carbons (Fsp3) is 0.526. The predicted molar refractivity (Wildman–Crippen MR) is 106 cm³/mol. The maximum absolute atomic E-state index is 11.7. The van der Waals surface area contributed by atoms with Gasteiger partial charge in [-0.3, -0.25) is 14.4 Å². The lowest BCUT2D eigenvalue weighted by molar-refractivity contribution is -0.212. The number of halogens is 1. The van der Waals surface area contributed by atoms with Crippen LogP contribution in [0.1, 0.15) is 27.7 Å². The molecule has 7 nitrogen and oxygen atoms in total. The second-order valence-electron chi connectivity index (χ2n) is 6.43. The molecular formula is C19H23BrO7S. The van der Waals surface area contributed by atoms with Gasteiger partial charge in [-0.05, 0) is 18.2 Å². The van der Waals surface area contributed by atoms with Crippen molar-refractivity contribution in [3.63, 3.8) is 0 Å². The quantitative estimate of drug-likeness (QED) is 0.458. The maximum Gasteiger partial charge on any atom is 0.303 e. The molecule has 1 saturated heterocycles. The van der Waals surface area contributed by atoms with Gasteiger partial charge in [0.15, 0.2) is 0 Å². The lowest BCUT2D eigenvalue weighted by Crippen LogP contribution is -2.56. The van der Waals surface area contributed by atoms with Crippen LogP contribution in [0.4, 0.5) is 0 Å². The van der Waals surface area contributed by atoms with E-state index in [0.717, 1.165) is 9.37 Å². The highest BCUT2D eigenvalue weighted by Gasteiger charge is 2.48. The van der Waals surface area contributed by atoms with Gasteiger partial charge in [-0.1, -0.05) is 40.7 Å². The van der Waals surface area contributed by atoms with Crippen molar-refractivity contribution in [3.8, 4) is 0 Å². The molecule has 1 heterocycles. The van der Waals surface area contributed by atoms with Crippen molar-refractivity contribution >= 4 is 45.6 Å². The van der Waals surface area contributed by atoms with Crippen LogP contribution in [0.5, 0.6) is 0 Å². The van der Waals surface area contributed by atoms with Crippen molar-refractivity contribution in [2.24, 2.45) is 5.92 Å². The predicted octanol–water partition coefficient (Wildman–Crippen LogP) is 3.33. The first kappa shape index (κ1) is 22.7. The van der Waals surface area contributed by atoms with Gasteiger partial charge in [-0.2, -0.15) is 0 Å². The van der Waals surface area contributed by atoms with Crippen LogP contribution in [-0.2, 0) is 33.3 Å². The standard InChI is InChI=1S/C19H23BrO7S/c1-10-17(25-12(3)22)16(9-24-11(2)21)27-19(18(10)26-13(4)23)28-15-7-5-6-14(20)8-15/h5-8,10,16-19H,9H2,1-4H3/t10?,16?,17-,18?,19-/m1/s1. The number of ether oxygens (including phenoxy) is 4. The third-order valence-corrected chi connectivity index (χ3v) is 5.71. The number of carbonyl (C=O) groups is 3. The summed E-state index contributed by atoms with van der Waals surface area (Å²) in [6.07, 6.45) is -2.06. The van der Waals surface area contributed by atoms with Crippen molar-refractivity contribution < 1.29 is 33.3 Å². The van der Waals surface area contributed by atoms with Gasteiger partial charge in [0.25, 0.3) is 0 Å². The fourth-order valence-corrected chi connectivity index (χ4v) is 4.74. The van der Waals surface area contributed by atoms with Crippen LogP contribution in [-0.4, -0.2) is 48.3 Å². The molecule has 0 radical (unpaired) electrons. The number of benzene rings is 1. The molecule has 1 aliphatic rings. The van der Waals surface area contributed by atoms with Crippen LogP contribution in [0.2, 0.25) is 0 Å². The van der Waals surface area contributed by atoms with E-state index in [1.54, 1.807) is 0 Å². The second-order valence-corrected chi connectivity index (χ2v) is 8.52. The first-order valence-corrected chi connectivity index (χ1v) is 10.4. The van der Waals surface area contributed by atoms with Gasteiger partial charge >= 0.3 is 17.9 Å². The Morgan fingerprint density at radius 2 is 1.71 bits per heavy atom. The molecule has 0 spiro atoms. The number of hydrogen-bond acceptors (Lipinski definition) is 8. The smallest absolute Gasteiger partial charge is 0.303 e. The largest absolute Gasteiger partial charge is 0.463 e. The molecule has 5 atom stereocenters. The molecule has 2 rings (SSSR count). The monoisotopic (exact) mass is 474 g/mol. The minimum Gasteiger partial charge on any atom is -0.463 e. The number of rotatable bonds is 6. The van der Waals surface area contributed by atoms with E-state index in [2.05, 4.69) is 15.9 Å². The van der Waals surface area contributed by atoms with E-state index in [-0.39, 0.29) is 12.5 Å². The number of carbonyl (C=O) groups excluding carboxylic acids is 3. The van der Waals surface area contributed by atoms with Gasteiger partial charge in [-0.15, -0.1) is 0 Å². The zero-order valence-corrected chi connectivity index (χ0v) is 18.4. The molecule has 154 valence electrons. The zero-order valence-electron chi connectivity index (χ0n) is 16.0. The molecule has 1 aliphatic heterocycles. The molecular weight excluding hydrogens is 452 g/mol. The molecule has 0 saturated carbocycles. The number of thioether (sulfide) groups is 1. The summed E-state index contributed by atoms with van der Waals surface area (Å²) in [6, 6.07) is 7.62. The molecule has 9 heteroatoms. The summed E-state index contributed by atoms with van der Waals surface area (Å²) >= 11 is 4.81. The topological polar surface area (TPSA) is 88.1 Å². The van der Waals surface area contributed by atoms with E-state index in [1.165, 1.54) is 32.5 Å². The number of hydrogen-bond donors (Lipinski definition) is 0. The van der Waals surface area contributed by atoms with E-state index in [1.807, 2.05) is 31.2 Å². The summed E-state index contributed by atoms with van der Waals surface area (Å²) < 4.78 is 23.0. The maximum atomic E-state index is 11.7. The molecule has 1 aromatic rings. The Bertz CT molecular complexity index is 724. The van der Waals surface area contributed by atoms with Gasteiger partial charge in [0.2, 0.25) is 0 Å². The normalized spacial score (nSPS) is 27.0. The minimum absolute atomic E-state index is 0.0695. The molecule has 0 aromatic heterocycles. The summed E-state index contributed by atoms with van der Waals surface area (Å²) in [5, 5.41) is 0. The molecule has 3 unspecified atom stereocenters. The van der Waals surface area contributed by atoms with Crippen LogP contribution in [0, 0.1) is 5.92 Å². The van der Waals surface area contributed by atoms with Gasteiger partial charge in [0, 0.05) is 36.1 Å². The Kier molecular flexibility index (Phi) is 8.33. The SMILES string of the molecule is CC(=O)OCC1O[C@H](Sc2cccc(Br)c2)C(OC(C)=O)C(C)[C@H]1OC(C)=O. The summed E-state index contributed by atoms with van der Waals surface area (Å²) in [5.41, 5.74) is -0.569. The summed E-state index contributed by atoms with van der Waals surface area (Å²) in [7, 11) is 0. The van der Waals surface area contributed by atoms with E-state index in [0.29, 0.717) is 0 Å². The van der Waals surface area contributed by atoms with E-state index < -0.39 is 41.7 Å². The molecule has 0 N–H and O–H groups in total. The summed E-state index contributed by atoms with van der Waals surface area (Å²) in [5.74, 6) is -1.78. The van der Waals surface area contributed by atoms with Crippen LogP contribution < -0.4 is 0 Å². The molecule has 0 aliphatic carbocycles.